The van der Waals surface area contributed by atoms with Gasteiger partial charge in [-0.25, -0.2) is 13.9 Å². The quantitative estimate of drug-likeness (QED) is 0.119. The largest absolute Gasteiger partial charge is 0.493 e. The third kappa shape index (κ3) is 6.03. The van der Waals surface area contributed by atoms with Gasteiger partial charge in [0, 0.05) is 31.5 Å². The van der Waals surface area contributed by atoms with Gasteiger partial charge in [0.2, 0.25) is 16.0 Å². The number of hydroxylamine groups is 1. The number of guanidine groups is 1. The fourth-order valence-corrected chi connectivity index (χ4v) is 5.45. The Morgan fingerprint density at radius 2 is 2.03 bits per heavy atom. The SMILES string of the molecule is Cc1ccc([N+](=O)[O-])cc1S(=O)(=O)N1Cc2cc(OCCCONC(=N)N)ccc2C[C@H]1C(=O)O. The Morgan fingerprint density at radius 1 is 1.29 bits per heavy atom. The molecule has 0 spiro atoms. The molecule has 35 heavy (non-hydrogen) atoms. The van der Waals surface area contributed by atoms with Gasteiger partial charge in [0.05, 0.1) is 23.0 Å². The van der Waals surface area contributed by atoms with Crippen molar-refractivity contribution < 1.29 is 32.8 Å². The molecule has 2 aromatic carbocycles. The van der Waals surface area contributed by atoms with E-state index in [1.54, 1.807) is 18.2 Å². The molecule has 1 atom stereocenters. The maximum Gasteiger partial charge on any atom is 0.322 e. The highest BCUT2D eigenvalue weighted by Crippen LogP contribution is 2.33. The Hall–Kier alpha value is -3.75. The fourth-order valence-electron chi connectivity index (χ4n) is 3.65. The molecule has 0 radical (unpaired) electrons. The summed E-state index contributed by atoms with van der Waals surface area (Å²) in [6.45, 7) is 1.76. The highest BCUT2D eigenvalue weighted by molar-refractivity contribution is 7.89. The predicted octanol–water partition coefficient (Wildman–Crippen LogP) is 1.29. The fraction of sp³-hybridized carbons (Fsp3) is 0.333. The van der Waals surface area contributed by atoms with Crippen molar-refractivity contribution in [1.29, 1.82) is 5.41 Å². The molecule has 3 rings (SSSR count). The molecule has 0 amide bonds. The number of fused-ring (bicyclic) bond motifs is 1. The number of nitro groups is 1. The normalized spacial score (nSPS) is 15.7. The van der Waals surface area contributed by atoms with E-state index in [4.69, 9.17) is 20.7 Å². The molecular weight excluding hydrogens is 482 g/mol. The number of rotatable bonds is 10. The van der Waals surface area contributed by atoms with Crippen LogP contribution in [0.5, 0.6) is 5.75 Å². The van der Waals surface area contributed by atoms with Gasteiger partial charge in [-0.1, -0.05) is 12.1 Å². The molecule has 0 aliphatic carbocycles. The standard InChI is InChI=1S/C21H25N5O8S/c1-13-3-5-16(26(29)30)11-19(13)35(31,32)25-12-15-9-17(33-7-2-8-34-24-21(22)23)6-4-14(15)10-18(25)20(27)28/h3-6,9,11,18H,2,7-8,10,12H2,1H3,(H,27,28)(H4,22,23,24)/t18-/m0/s1. The van der Waals surface area contributed by atoms with Crippen LogP contribution in [0.25, 0.3) is 0 Å². The molecule has 0 saturated carbocycles. The van der Waals surface area contributed by atoms with Gasteiger partial charge < -0.3 is 15.6 Å². The number of carboxylic acid groups (broad SMARTS) is 1. The number of nitrogens with zero attached hydrogens (tertiary/aromatic N) is 2. The topological polar surface area (TPSA) is 198 Å². The maximum atomic E-state index is 13.5. The Balaban J connectivity index is 1.83. The number of nitrogens with two attached hydrogens (primary N) is 1. The van der Waals surface area contributed by atoms with Crippen molar-refractivity contribution in [3.8, 4) is 5.75 Å². The Bertz CT molecular complexity index is 1250. The van der Waals surface area contributed by atoms with Gasteiger partial charge >= 0.3 is 5.97 Å². The molecule has 0 bridgehead atoms. The van der Waals surface area contributed by atoms with Gasteiger partial charge in [-0.2, -0.15) is 4.31 Å². The smallest absolute Gasteiger partial charge is 0.322 e. The van der Waals surface area contributed by atoms with Crippen LogP contribution in [0, 0.1) is 22.4 Å². The molecular formula is C21H25N5O8S. The lowest BCUT2D eigenvalue weighted by atomic mass is 9.95. The number of aliphatic carboxylic acids is 1. The molecule has 0 fully saturated rings. The Kier molecular flexibility index (Phi) is 7.89. The second kappa shape index (κ2) is 10.7. The number of hydrogen-bond acceptors (Lipinski definition) is 8. The molecule has 1 heterocycles. The second-order valence-electron chi connectivity index (χ2n) is 7.81. The van der Waals surface area contributed by atoms with E-state index in [1.165, 1.54) is 19.1 Å². The van der Waals surface area contributed by atoms with E-state index >= 15 is 0 Å². The van der Waals surface area contributed by atoms with Crippen molar-refractivity contribution in [3.05, 3.63) is 63.2 Å². The van der Waals surface area contributed by atoms with Gasteiger partial charge in [-0.3, -0.25) is 25.2 Å². The summed E-state index contributed by atoms with van der Waals surface area (Å²) in [4.78, 5) is 27.1. The van der Waals surface area contributed by atoms with Crippen LogP contribution < -0.4 is 16.0 Å². The number of carbonyl (C=O) groups is 1. The average Bonchev–Trinajstić information content (AvgIpc) is 2.80. The monoisotopic (exact) mass is 507 g/mol. The third-order valence-corrected chi connectivity index (χ3v) is 7.36. The van der Waals surface area contributed by atoms with Crippen LogP contribution in [0.4, 0.5) is 5.69 Å². The van der Waals surface area contributed by atoms with Gasteiger partial charge in [0.1, 0.15) is 11.8 Å². The lowest BCUT2D eigenvalue weighted by molar-refractivity contribution is -0.385. The van der Waals surface area contributed by atoms with Crippen molar-refractivity contribution in [2.45, 2.75) is 37.2 Å². The molecule has 13 nitrogen and oxygen atoms in total. The van der Waals surface area contributed by atoms with Crippen LogP contribution in [-0.4, -0.2) is 53.9 Å². The first-order chi connectivity index (χ1) is 16.5. The minimum Gasteiger partial charge on any atom is -0.493 e. The molecule has 0 saturated heterocycles. The summed E-state index contributed by atoms with van der Waals surface area (Å²) in [5.41, 5.74) is 8.40. The van der Waals surface area contributed by atoms with Gasteiger partial charge in [-0.05, 0) is 35.7 Å². The number of aryl methyl sites for hydroxylation is 1. The van der Waals surface area contributed by atoms with Crippen LogP contribution >= 0.6 is 0 Å². The van der Waals surface area contributed by atoms with E-state index in [0.29, 0.717) is 23.3 Å². The Morgan fingerprint density at radius 3 is 2.69 bits per heavy atom. The first-order valence-electron chi connectivity index (χ1n) is 10.5. The third-order valence-electron chi connectivity index (χ3n) is 5.36. The molecule has 14 heteroatoms. The lowest BCUT2D eigenvalue weighted by Gasteiger charge is -2.34. The lowest BCUT2D eigenvalue weighted by Crippen LogP contribution is -2.48. The molecule has 0 unspecified atom stereocenters. The highest BCUT2D eigenvalue weighted by atomic mass is 32.2. The van der Waals surface area contributed by atoms with Crippen molar-refractivity contribution in [2.75, 3.05) is 13.2 Å². The van der Waals surface area contributed by atoms with Gasteiger partial charge in [0.25, 0.3) is 5.69 Å². The number of carboxylic acids is 1. The van der Waals surface area contributed by atoms with E-state index in [-0.39, 0.29) is 42.6 Å². The zero-order chi connectivity index (χ0) is 25.8. The second-order valence-corrected chi connectivity index (χ2v) is 9.67. The molecule has 5 N–H and O–H groups in total. The zero-order valence-corrected chi connectivity index (χ0v) is 19.6. The molecule has 0 aromatic heterocycles. The summed E-state index contributed by atoms with van der Waals surface area (Å²) in [7, 11) is -4.38. The van der Waals surface area contributed by atoms with E-state index in [2.05, 4.69) is 5.48 Å². The Labute approximate surface area is 201 Å². The number of ether oxygens (including phenoxy) is 1. The van der Waals surface area contributed by atoms with Gasteiger partial charge in [0.15, 0.2) is 0 Å². The van der Waals surface area contributed by atoms with Crippen LogP contribution in [0.15, 0.2) is 41.3 Å². The van der Waals surface area contributed by atoms with Crippen molar-refractivity contribution in [2.24, 2.45) is 5.73 Å². The van der Waals surface area contributed by atoms with Crippen LogP contribution in [0.2, 0.25) is 0 Å². The van der Waals surface area contributed by atoms with Crippen molar-refractivity contribution in [1.82, 2.24) is 9.79 Å². The van der Waals surface area contributed by atoms with E-state index in [9.17, 15) is 28.4 Å². The average molecular weight is 508 g/mol. The highest BCUT2D eigenvalue weighted by Gasteiger charge is 2.40. The van der Waals surface area contributed by atoms with E-state index in [0.717, 1.165) is 10.4 Å². The number of benzene rings is 2. The molecule has 1 aliphatic rings. The molecule has 2 aromatic rings. The van der Waals surface area contributed by atoms with E-state index in [1.807, 2.05) is 0 Å². The number of nitro benzene ring substituents is 1. The summed E-state index contributed by atoms with van der Waals surface area (Å²) in [5, 5.41) is 27.9. The van der Waals surface area contributed by atoms with Gasteiger partial charge in [-0.15, -0.1) is 0 Å². The summed E-state index contributed by atoms with van der Waals surface area (Å²) < 4.78 is 33.5. The first kappa shape index (κ1) is 25.9. The number of sulfonamides is 1. The predicted molar refractivity (Wildman–Crippen MR) is 123 cm³/mol. The summed E-state index contributed by atoms with van der Waals surface area (Å²) in [5.74, 6) is -1.18. The van der Waals surface area contributed by atoms with Crippen molar-refractivity contribution in [3.63, 3.8) is 0 Å². The molecule has 188 valence electrons. The zero-order valence-electron chi connectivity index (χ0n) is 18.8. The van der Waals surface area contributed by atoms with E-state index < -0.39 is 32.6 Å². The number of hydrogen-bond donors (Lipinski definition) is 4. The summed E-state index contributed by atoms with van der Waals surface area (Å²) in [6, 6.07) is 7.09. The molecule has 1 aliphatic heterocycles. The maximum absolute atomic E-state index is 13.5. The summed E-state index contributed by atoms with van der Waals surface area (Å²) >= 11 is 0. The first-order valence-corrected chi connectivity index (χ1v) is 11.9. The summed E-state index contributed by atoms with van der Waals surface area (Å²) in [6.07, 6.45) is 0.410. The van der Waals surface area contributed by atoms with Crippen LogP contribution in [-0.2, 0) is 32.6 Å². The van der Waals surface area contributed by atoms with Crippen LogP contribution in [0.1, 0.15) is 23.1 Å². The number of non-ortho nitro benzene ring substituents is 1. The minimum absolute atomic E-state index is 0.0668. The van der Waals surface area contributed by atoms with Crippen molar-refractivity contribution >= 4 is 27.6 Å². The number of nitrogens with one attached hydrogen (secondary N) is 2. The van der Waals surface area contributed by atoms with Crippen LogP contribution in [0.3, 0.4) is 0 Å². The minimum atomic E-state index is -4.38.